The van der Waals surface area contributed by atoms with Gasteiger partial charge in [-0.25, -0.2) is 0 Å². The van der Waals surface area contributed by atoms with Gasteiger partial charge in [-0.3, -0.25) is 9.59 Å². The molecule has 0 aromatic heterocycles. The average molecular weight is 473 g/mol. The SMILES string of the molecule is CCCCNC(=O)[C@@H](Cc1ccccc1)N(Cc1cccc(C)c1)C(=O)COc1ccccc1C. The molecular formula is C30H36N2O3. The van der Waals surface area contributed by atoms with E-state index in [1.54, 1.807) is 4.90 Å². The normalized spacial score (nSPS) is 11.5. The lowest BCUT2D eigenvalue weighted by atomic mass is 10.0. The summed E-state index contributed by atoms with van der Waals surface area (Å²) in [6.45, 7) is 6.84. The van der Waals surface area contributed by atoms with Gasteiger partial charge < -0.3 is 15.0 Å². The first kappa shape index (κ1) is 26.0. The Morgan fingerprint density at radius 1 is 0.914 bits per heavy atom. The Kier molecular flexibility index (Phi) is 9.91. The summed E-state index contributed by atoms with van der Waals surface area (Å²) in [6, 6.07) is 24.9. The Labute approximate surface area is 209 Å². The Bertz CT molecular complexity index is 1100. The van der Waals surface area contributed by atoms with Crippen LogP contribution in [-0.2, 0) is 22.6 Å². The molecule has 3 aromatic rings. The van der Waals surface area contributed by atoms with E-state index in [0.29, 0.717) is 25.3 Å². The van der Waals surface area contributed by atoms with Crippen molar-refractivity contribution in [2.45, 2.75) is 52.6 Å². The topological polar surface area (TPSA) is 58.6 Å². The minimum Gasteiger partial charge on any atom is -0.484 e. The second-order valence-electron chi connectivity index (χ2n) is 8.91. The Morgan fingerprint density at radius 3 is 2.34 bits per heavy atom. The number of ether oxygens (including phenoxy) is 1. The van der Waals surface area contributed by atoms with E-state index in [1.807, 2.05) is 86.6 Å². The zero-order valence-corrected chi connectivity index (χ0v) is 21.0. The van der Waals surface area contributed by atoms with Crippen molar-refractivity contribution in [1.82, 2.24) is 10.2 Å². The molecule has 35 heavy (non-hydrogen) atoms. The lowest BCUT2D eigenvalue weighted by Crippen LogP contribution is -2.51. The van der Waals surface area contributed by atoms with E-state index in [2.05, 4.69) is 18.3 Å². The fraction of sp³-hybridized carbons (Fsp3) is 0.333. The molecule has 0 heterocycles. The Morgan fingerprint density at radius 2 is 1.63 bits per heavy atom. The first-order valence-electron chi connectivity index (χ1n) is 12.3. The molecule has 5 nitrogen and oxygen atoms in total. The van der Waals surface area contributed by atoms with Crippen molar-refractivity contribution in [1.29, 1.82) is 0 Å². The van der Waals surface area contributed by atoms with Crippen molar-refractivity contribution in [3.8, 4) is 5.75 Å². The number of carbonyl (C=O) groups excluding carboxylic acids is 2. The summed E-state index contributed by atoms with van der Waals surface area (Å²) in [5, 5.41) is 3.05. The molecule has 3 aromatic carbocycles. The first-order chi connectivity index (χ1) is 17.0. The Balaban J connectivity index is 1.89. The van der Waals surface area contributed by atoms with E-state index in [4.69, 9.17) is 4.74 Å². The van der Waals surface area contributed by atoms with E-state index >= 15 is 0 Å². The summed E-state index contributed by atoms with van der Waals surface area (Å²) in [4.78, 5) is 28.7. The monoisotopic (exact) mass is 472 g/mol. The van der Waals surface area contributed by atoms with E-state index in [0.717, 1.165) is 35.1 Å². The molecular weight excluding hydrogens is 436 g/mol. The second-order valence-corrected chi connectivity index (χ2v) is 8.91. The maximum Gasteiger partial charge on any atom is 0.261 e. The fourth-order valence-corrected chi connectivity index (χ4v) is 4.01. The van der Waals surface area contributed by atoms with Crippen molar-refractivity contribution in [3.63, 3.8) is 0 Å². The van der Waals surface area contributed by atoms with Crippen LogP contribution in [0.4, 0.5) is 0 Å². The van der Waals surface area contributed by atoms with Crippen LogP contribution in [0.15, 0.2) is 78.9 Å². The van der Waals surface area contributed by atoms with Crippen molar-refractivity contribution in [3.05, 3.63) is 101 Å². The van der Waals surface area contributed by atoms with Crippen LogP contribution in [0.25, 0.3) is 0 Å². The highest BCUT2D eigenvalue weighted by Crippen LogP contribution is 2.19. The highest BCUT2D eigenvalue weighted by Gasteiger charge is 2.30. The lowest BCUT2D eigenvalue weighted by Gasteiger charge is -2.31. The van der Waals surface area contributed by atoms with E-state index in [1.165, 1.54) is 0 Å². The van der Waals surface area contributed by atoms with Crippen LogP contribution < -0.4 is 10.1 Å². The van der Waals surface area contributed by atoms with Gasteiger partial charge in [0.2, 0.25) is 5.91 Å². The van der Waals surface area contributed by atoms with Crippen LogP contribution >= 0.6 is 0 Å². The molecule has 2 amide bonds. The summed E-state index contributed by atoms with van der Waals surface area (Å²) >= 11 is 0. The number of rotatable bonds is 12. The summed E-state index contributed by atoms with van der Waals surface area (Å²) in [5.41, 5.74) is 4.06. The third-order valence-corrected chi connectivity index (χ3v) is 5.98. The minimum absolute atomic E-state index is 0.135. The summed E-state index contributed by atoms with van der Waals surface area (Å²) in [6.07, 6.45) is 2.31. The number of hydrogen-bond donors (Lipinski definition) is 1. The zero-order chi connectivity index (χ0) is 25.0. The quantitative estimate of drug-likeness (QED) is 0.367. The molecule has 0 fully saturated rings. The minimum atomic E-state index is -0.650. The molecule has 3 rings (SSSR count). The van der Waals surface area contributed by atoms with Crippen LogP contribution in [0.5, 0.6) is 5.75 Å². The molecule has 0 unspecified atom stereocenters. The largest absolute Gasteiger partial charge is 0.484 e. The van der Waals surface area contributed by atoms with Gasteiger partial charge in [0, 0.05) is 19.5 Å². The van der Waals surface area contributed by atoms with Gasteiger partial charge in [0.15, 0.2) is 6.61 Å². The van der Waals surface area contributed by atoms with Crippen LogP contribution in [0.2, 0.25) is 0 Å². The van der Waals surface area contributed by atoms with Crippen molar-refractivity contribution in [2.75, 3.05) is 13.2 Å². The van der Waals surface area contributed by atoms with Gasteiger partial charge in [-0.15, -0.1) is 0 Å². The number of para-hydroxylation sites is 1. The summed E-state index contributed by atoms with van der Waals surface area (Å²) in [5.74, 6) is 0.309. The molecule has 0 saturated heterocycles. The number of carbonyl (C=O) groups is 2. The molecule has 0 aliphatic heterocycles. The molecule has 1 N–H and O–H groups in total. The molecule has 0 aliphatic carbocycles. The van der Waals surface area contributed by atoms with Gasteiger partial charge in [-0.2, -0.15) is 0 Å². The molecule has 0 bridgehead atoms. The predicted octanol–water partition coefficient (Wildman–Crippen LogP) is 5.24. The number of amides is 2. The highest BCUT2D eigenvalue weighted by molar-refractivity contribution is 5.88. The third kappa shape index (κ3) is 7.99. The number of benzene rings is 3. The van der Waals surface area contributed by atoms with Crippen LogP contribution in [0.1, 0.15) is 42.0 Å². The number of aryl methyl sites for hydroxylation is 2. The zero-order valence-electron chi connectivity index (χ0n) is 21.0. The van der Waals surface area contributed by atoms with Crippen molar-refractivity contribution in [2.24, 2.45) is 0 Å². The number of hydrogen-bond acceptors (Lipinski definition) is 3. The third-order valence-electron chi connectivity index (χ3n) is 5.98. The van der Waals surface area contributed by atoms with Gasteiger partial charge in [-0.05, 0) is 43.0 Å². The molecule has 0 spiro atoms. The smallest absolute Gasteiger partial charge is 0.261 e. The van der Waals surface area contributed by atoms with Crippen LogP contribution in [-0.4, -0.2) is 35.9 Å². The van der Waals surface area contributed by atoms with Crippen molar-refractivity contribution < 1.29 is 14.3 Å². The average Bonchev–Trinajstić information content (AvgIpc) is 2.86. The molecule has 5 heteroatoms. The van der Waals surface area contributed by atoms with Gasteiger partial charge in [0.1, 0.15) is 11.8 Å². The molecule has 1 atom stereocenters. The number of nitrogens with zero attached hydrogens (tertiary/aromatic N) is 1. The Hall–Kier alpha value is -3.60. The molecule has 0 aliphatic rings. The van der Waals surface area contributed by atoms with Gasteiger partial charge in [0.05, 0.1) is 0 Å². The van der Waals surface area contributed by atoms with Crippen molar-refractivity contribution >= 4 is 11.8 Å². The standard InChI is InChI=1S/C30H36N2O3/c1-4-5-18-31-30(34)27(20-25-14-7-6-8-15-25)32(21-26-16-11-12-23(2)19-26)29(33)22-35-28-17-10-9-13-24(28)3/h6-17,19,27H,4-5,18,20-22H2,1-3H3,(H,31,34)/t27-/m1/s1. The lowest BCUT2D eigenvalue weighted by molar-refractivity contribution is -0.142. The van der Waals surface area contributed by atoms with E-state index < -0.39 is 6.04 Å². The predicted molar refractivity (Wildman–Crippen MR) is 140 cm³/mol. The maximum absolute atomic E-state index is 13.6. The van der Waals surface area contributed by atoms with Gasteiger partial charge >= 0.3 is 0 Å². The summed E-state index contributed by atoms with van der Waals surface area (Å²) < 4.78 is 5.90. The summed E-state index contributed by atoms with van der Waals surface area (Å²) in [7, 11) is 0. The maximum atomic E-state index is 13.6. The number of unbranched alkanes of at least 4 members (excludes halogenated alkanes) is 1. The molecule has 0 saturated carbocycles. The van der Waals surface area contributed by atoms with Gasteiger partial charge in [0.25, 0.3) is 5.91 Å². The van der Waals surface area contributed by atoms with E-state index in [9.17, 15) is 9.59 Å². The number of nitrogens with one attached hydrogen (secondary N) is 1. The second kappa shape index (κ2) is 13.3. The first-order valence-corrected chi connectivity index (χ1v) is 12.3. The van der Waals surface area contributed by atoms with Crippen LogP contribution in [0, 0.1) is 13.8 Å². The molecule has 0 radical (unpaired) electrons. The highest BCUT2D eigenvalue weighted by atomic mass is 16.5. The van der Waals surface area contributed by atoms with Crippen LogP contribution in [0.3, 0.4) is 0 Å². The van der Waals surface area contributed by atoms with E-state index in [-0.39, 0.29) is 18.4 Å². The fourth-order valence-electron chi connectivity index (χ4n) is 4.01. The van der Waals surface area contributed by atoms with Gasteiger partial charge in [-0.1, -0.05) is 91.7 Å². The molecule has 184 valence electrons.